The molecule has 4 aromatic rings. The molecule has 11 heteroatoms. The van der Waals surface area contributed by atoms with Crippen molar-refractivity contribution in [3.63, 3.8) is 0 Å². The number of hydrogen-bond donors (Lipinski definition) is 1. The van der Waals surface area contributed by atoms with Crippen molar-refractivity contribution in [2.24, 2.45) is 0 Å². The van der Waals surface area contributed by atoms with Crippen LogP contribution in [0.15, 0.2) is 61.6 Å². The third kappa shape index (κ3) is 5.86. The summed E-state index contributed by atoms with van der Waals surface area (Å²) >= 11 is 6.44. The Labute approximate surface area is 225 Å². The summed E-state index contributed by atoms with van der Waals surface area (Å²) in [6.45, 7) is 13.1. The fourth-order valence-electron chi connectivity index (χ4n) is 3.84. The van der Waals surface area contributed by atoms with E-state index in [0.717, 1.165) is 11.1 Å². The van der Waals surface area contributed by atoms with Gasteiger partial charge in [0.25, 0.3) is 0 Å². The van der Waals surface area contributed by atoms with E-state index in [1.54, 1.807) is 48.4 Å². The minimum Gasteiger partial charge on any atom is -0.443 e. The molecule has 0 aliphatic heterocycles. The van der Waals surface area contributed by atoms with Crippen LogP contribution in [0.25, 0.3) is 11.3 Å². The van der Waals surface area contributed by atoms with Gasteiger partial charge in [-0.1, -0.05) is 50.2 Å². The quantitative estimate of drug-likeness (QED) is 0.238. The van der Waals surface area contributed by atoms with Gasteiger partial charge in [-0.15, -0.1) is 0 Å². The average Bonchev–Trinajstić information content (AvgIpc) is 3.48. The van der Waals surface area contributed by atoms with Gasteiger partial charge in [-0.25, -0.2) is 14.5 Å². The van der Waals surface area contributed by atoms with Crippen LogP contribution in [-0.4, -0.2) is 42.0 Å². The number of fused-ring (bicyclic) bond motifs is 1. The first-order chi connectivity index (χ1) is 18.0. The molecule has 0 saturated heterocycles. The van der Waals surface area contributed by atoms with Gasteiger partial charge in [0, 0.05) is 11.6 Å². The summed E-state index contributed by atoms with van der Waals surface area (Å²) in [5, 5.41) is 11.8. The predicted octanol–water partition coefficient (Wildman–Crippen LogP) is 5.76. The van der Waals surface area contributed by atoms with Gasteiger partial charge >= 0.3 is 6.09 Å². The van der Waals surface area contributed by atoms with E-state index >= 15 is 0 Å². The van der Waals surface area contributed by atoms with Crippen molar-refractivity contribution in [2.75, 3.05) is 10.2 Å². The minimum absolute atomic E-state index is 0.117. The second-order valence-corrected chi connectivity index (χ2v) is 10.4. The molecule has 0 aliphatic rings. The summed E-state index contributed by atoms with van der Waals surface area (Å²) in [5.74, 6) is 0.223. The third-order valence-electron chi connectivity index (χ3n) is 5.56. The molecule has 1 aromatic carbocycles. The summed E-state index contributed by atoms with van der Waals surface area (Å²) in [6.07, 6.45) is 5.56. The Hall–Kier alpha value is -4.18. The second kappa shape index (κ2) is 10.7. The molecule has 0 atom stereocenters. The Morgan fingerprint density at radius 1 is 1.21 bits per heavy atom. The van der Waals surface area contributed by atoms with Gasteiger partial charge in [0.15, 0.2) is 5.65 Å². The van der Waals surface area contributed by atoms with Gasteiger partial charge in [0.05, 0.1) is 36.5 Å². The van der Waals surface area contributed by atoms with Crippen LogP contribution in [0, 0.1) is 0 Å². The molecule has 0 fully saturated rings. The molecule has 0 spiro atoms. The van der Waals surface area contributed by atoms with Crippen LogP contribution >= 0.6 is 11.6 Å². The predicted molar refractivity (Wildman–Crippen MR) is 147 cm³/mol. The Kier molecular flexibility index (Phi) is 7.54. The van der Waals surface area contributed by atoms with Gasteiger partial charge in [0.1, 0.15) is 16.6 Å². The number of hydrogen-bond acceptors (Lipinski definition) is 6. The minimum atomic E-state index is -0.738. The number of nitrogens with zero attached hydrogens (tertiary/aromatic N) is 6. The van der Waals surface area contributed by atoms with Crippen molar-refractivity contribution < 1.29 is 14.3 Å². The van der Waals surface area contributed by atoms with Crippen LogP contribution in [0.5, 0.6) is 0 Å². The standard InChI is InChI=1S/C27H30ClN7O3/c1-7-23(36)31-19-13-29-34(16-19)21-11-9-8-10-18(21)15-33(26(37)38-27(4,5)6)24-12-22(28)32-25-20(17(2)3)14-30-35(24)25/h7-14,16-17H,1,15H2,2-6H3,(H,31,36). The first-order valence-corrected chi connectivity index (χ1v) is 12.5. The summed E-state index contributed by atoms with van der Waals surface area (Å²) in [6, 6.07) is 9.09. The largest absolute Gasteiger partial charge is 0.443 e. The number of nitrogens with one attached hydrogen (secondary N) is 1. The molecule has 198 valence electrons. The van der Waals surface area contributed by atoms with Gasteiger partial charge in [0.2, 0.25) is 5.91 Å². The molecule has 38 heavy (non-hydrogen) atoms. The lowest BCUT2D eigenvalue weighted by atomic mass is 10.1. The molecular weight excluding hydrogens is 506 g/mol. The highest BCUT2D eigenvalue weighted by Crippen LogP contribution is 2.29. The molecule has 4 rings (SSSR count). The normalized spacial score (nSPS) is 11.6. The lowest BCUT2D eigenvalue weighted by molar-refractivity contribution is -0.111. The number of anilines is 2. The maximum Gasteiger partial charge on any atom is 0.416 e. The summed E-state index contributed by atoms with van der Waals surface area (Å²) in [5.41, 5.74) is 2.72. The molecule has 0 saturated carbocycles. The molecule has 3 aromatic heterocycles. The highest BCUT2D eigenvalue weighted by molar-refractivity contribution is 6.29. The van der Waals surface area contributed by atoms with Crippen molar-refractivity contribution in [1.29, 1.82) is 0 Å². The van der Waals surface area contributed by atoms with Crippen LogP contribution in [0.4, 0.5) is 16.3 Å². The molecule has 0 bridgehead atoms. The smallest absolute Gasteiger partial charge is 0.416 e. The number of ether oxygens (including phenoxy) is 1. The van der Waals surface area contributed by atoms with E-state index < -0.39 is 11.7 Å². The van der Waals surface area contributed by atoms with Gasteiger partial charge in [-0.3, -0.25) is 9.69 Å². The number of aromatic nitrogens is 5. The number of benzene rings is 1. The number of carbonyl (C=O) groups excluding carboxylic acids is 2. The topological polar surface area (TPSA) is 107 Å². The Bertz CT molecular complexity index is 1500. The van der Waals surface area contributed by atoms with Crippen molar-refractivity contribution in [3.8, 4) is 5.69 Å². The Morgan fingerprint density at radius 2 is 1.95 bits per heavy atom. The highest BCUT2D eigenvalue weighted by Gasteiger charge is 2.28. The number of amides is 2. The van der Waals surface area contributed by atoms with Gasteiger partial charge < -0.3 is 10.1 Å². The zero-order valence-electron chi connectivity index (χ0n) is 22.0. The SMILES string of the molecule is C=CC(=O)Nc1cnn(-c2ccccc2CN(C(=O)OC(C)(C)C)c2cc(Cl)nc3c(C(C)C)cnn23)c1. The van der Waals surface area contributed by atoms with Crippen molar-refractivity contribution in [2.45, 2.75) is 52.7 Å². The number of para-hydroxylation sites is 1. The van der Waals surface area contributed by atoms with Crippen LogP contribution < -0.4 is 10.2 Å². The zero-order valence-corrected chi connectivity index (χ0v) is 22.7. The Morgan fingerprint density at radius 3 is 2.63 bits per heavy atom. The van der Waals surface area contributed by atoms with E-state index in [1.807, 2.05) is 38.1 Å². The summed E-state index contributed by atoms with van der Waals surface area (Å²) < 4.78 is 9.01. The number of carbonyl (C=O) groups is 2. The average molecular weight is 536 g/mol. The summed E-state index contributed by atoms with van der Waals surface area (Å²) in [4.78, 5) is 31.2. The van der Waals surface area contributed by atoms with Gasteiger partial charge in [-0.05, 0) is 44.4 Å². The maximum atomic E-state index is 13.6. The van der Waals surface area contributed by atoms with E-state index in [9.17, 15) is 9.59 Å². The third-order valence-corrected chi connectivity index (χ3v) is 5.76. The first-order valence-electron chi connectivity index (χ1n) is 12.1. The second-order valence-electron chi connectivity index (χ2n) is 9.99. The van der Waals surface area contributed by atoms with Crippen LogP contribution in [0.3, 0.4) is 0 Å². The summed E-state index contributed by atoms with van der Waals surface area (Å²) in [7, 11) is 0. The molecule has 0 radical (unpaired) electrons. The molecule has 0 unspecified atom stereocenters. The van der Waals surface area contributed by atoms with Crippen LogP contribution in [-0.2, 0) is 16.1 Å². The van der Waals surface area contributed by atoms with Crippen molar-refractivity contribution >= 4 is 40.8 Å². The molecular formula is C27H30ClN7O3. The fourth-order valence-corrected chi connectivity index (χ4v) is 4.02. The van der Waals surface area contributed by atoms with E-state index in [-0.39, 0.29) is 23.5 Å². The number of halogens is 1. The first kappa shape index (κ1) is 26.9. The van der Waals surface area contributed by atoms with Gasteiger partial charge in [-0.2, -0.15) is 14.7 Å². The van der Waals surface area contributed by atoms with E-state index in [4.69, 9.17) is 16.3 Å². The fraction of sp³-hybridized carbons (Fsp3) is 0.296. The molecule has 3 heterocycles. The highest BCUT2D eigenvalue weighted by atomic mass is 35.5. The Balaban J connectivity index is 1.80. The van der Waals surface area contributed by atoms with Crippen molar-refractivity contribution in [3.05, 3.63) is 77.9 Å². The number of rotatable bonds is 7. The molecule has 0 aliphatic carbocycles. The maximum absolute atomic E-state index is 13.6. The lowest BCUT2D eigenvalue weighted by Crippen LogP contribution is -2.38. The van der Waals surface area contributed by atoms with Crippen LogP contribution in [0.1, 0.15) is 51.7 Å². The molecule has 10 nitrogen and oxygen atoms in total. The molecule has 1 N–H and O–H groups in total. The molecule has 2 amide bonds. The van der Waals surface area contributed by atoms with E-state index in [1.165, 1.54) is 17.2 Å². The van der Waals surface area contributed by atoms with Crippen LogP contribution in [0.2, 0.25) is 5.15 Å². The zero-order chi connectivity index (χ0) is 27.6. The lowest BCUT2D eigenvalue weighted by Gasteiger charge is -2.28. The monoisotopic (exact) mass is 535 g/mol. The van der Waals surface area contributed by atoms with Crippen molar-refractivity contribution in [1.82, 2.24) is 24.4 Å². The van der Waals surface area contributed by atoms with E-state index in [0.29, 0.717) is 22.8 Å². The van der Waals surface area contributed by atoms with E-state index in [2.05, 4.69) is 27.1 Å².